The Morgan fingerprint density at radius 1 is 0.333 bits per heavy atom. The number of allylic oxidation sites excluding steroid dienone is 4. The van der Waals surface area contributed by atoms with E-state index in [4.69, 9.17) is 15.0 Å². The molecule has 0 atom stereocenters. The van der Waals surface area contributed by atoms with Crippen LogP contribution < -0.4 is 0 Å². The Kier molecular flexibility index (Phi) is 7.96. The quantitative estimate of drug-likeness (QED) is 0.163. The molecular formula is C51H35N3. The molecular weight excluding hydrogens is 655 g/mol. The monoisotopic (exact) mass is 689 g/mol. The Morgan fingerprint density at radius 2 is 0.815 bits per heavy atom. The number of nitrogens with zero attached hydrogens (tertiary/aromatic N) is 3. The third-order valence-corrected chi connectivity index (χ3v) is 10.5. The summed E-state index contributed by atoms with van der Waals surface area (Å²) in [5, 5.41) is 7.44. The largest absolute Gasteiger partial charge is 0.208 e. The second-order valence-corrected chi connectivity index (χ2v) is 13.8. The van der Waals surface area contributed by atoms with E-state index < -0.39 is 0 Å². The average Bonchev–Trinajstić information content (AvgIpc) is 3.27. The first-order valence-corrected chi connectivity index (χ1v) is 18.6. The van der Waals surface area contributed by atoms with Gasteiger partial charge < -0.3 is 0 Å². The predicted molar refractivity (Wildman–Crippen MR) is 226 cm³/mol. The van der Waals surface area contributed by atoms with E-state index in [0.717, 1.165) is 57.3 Å². The van der Waals surface area contributed by atoms with E-state index >= 15 is 0 Å². The summed E-state index contributed by atoms with van der Waals surface area (Å²) in [6.07, 6.45) is 8.90. The van der Waals surface area contributed by atoms with Gasteiger partial charge in [-0.3, -0.25) is 0 Å². The van der Waals surface area contributed by atoms with Gasteiger partial charge in [0.1, 0.15) is 0 Å². The van der Waals surface area contributed by atoms with Crippen molar-refractivity contribution in [3.8, 4) is 56.4 Å². The fourth-order valence-corrected chi connectivity index (χ4v) is 7.98. The molecule has 10 rings (SSSR count). The van der Waals surface area contributed by atoms with Gasteiger partial charge in [-0.25, -0.2) is 15.0 Å². The number of rotatable bonds is 6. The zero-order valence-corrected chi connectivity index (χ0v) is 29.7. The van der Waals surface area contributed by atoms with E-state index in [-0.39, 0.29) is 0 Å². The van der Waals surface area contributed by atoms with Crippen LogP contribution in [-0.4, -0.2) is 15.0 Å². The van der Waals surface area contributed by atoms with Gasteiger partial charge in [-0.15, -0.1) is 0 Å². The Hall–Kier alpha value is -6.97. The highest BCUT2D eigenvalue weighted by Gasteiger charge is 2.19. The molecule has 8 aromatic carbocycles. The van der Waals surface area contributed by atoms with Gasteiger partial charge in [0.15, 0.2) is 17.5 Å². The third-order valence-electron chi connectivity index (χ3n) is 10.5. The molecule has 54 heavy (non-hydrogen) atoms. The summed E-state index contributed by atoms with van der Waals surface area (Å²) < 4.78 is 0. The molecule has 3 heteroatoms. The number of hydrogen-bond donors (Lipinski definition) is 0. The molecule has 0 radical (unpaired) electrons. The molecule has 0 amide bonds. The number of fused-ring (bicyclic) bond motifs is 6. The highest BCUT2D eigenvalue weighted by Crippen LogP contribution is 2.42. The zero-order chi connectivity index (χ0) is 35.8. The van der Waals surface area contributed by atoms with E-state index in [0.29, 0.717) is 17.5 Å². The maximum Gasteiger partial charge on any atom is 0.164 e. The van der Waals surface area contributed by atoms with Crippen LogP contribution in [0.4, 0.5) is 0 Å². The molecule has 9 aromatic rings. The minimum atomic E-state index is 0.638. The van der Waals surface area contributed by atoms with Crippen LogP contribution in [0.25, 0.3) is 94.3 Å². The molecule has 1 aliphatic carbocycles. The molecule has 3 nitrogen and oxygen atoms in total. The normalized spacial score (nSPS) is 12.7. The highest BCUT2D eigenvalue weighted by molar-refractivity contribution is 6.28. The van der Waals surface area contributed by atoms with Gasteiger partial charge >= 0.3 is 0 Å². The molecule has 1 aliphatic rings. The molecule has 0 saturated carbocycles. The number of hydrogen-bond acceptors (Lipinski definition) is 3. The second-order valence-electron chi connectivity index (χ2n) is 13.8. The topological polar surface area (TPSA) is 38.7 Å². The minimum absolute atomic E-state index is 0.638. The maximum absolute atomic E-state index is 5.29. The first kappa shape index (κ1) is 31.7. The summed E-state index contributed by atoms with van der Waals surface area (Å²) >= 11 is 0. The summed E-state index contributed by atoms with van der Waals surface area (Å²) in [6.45, 7) is 0. The van der Waals surface area contributed by atoms with Crippen molar-refractivity contribution in [1.82, 2.24) is 15.0 Å². The smallest absolute Gasteiger partial charge is 0.164 e. The van der Waals surface area contributed by atoms with Crippen molar-refractivity contribution in [2.45, 2.75) is 12.8 Å². The first-order chi connectivity index (χ1) is 26.8. The SMILES string of the molecule is C1=CC(c2cccc(-c3nc(-c4cccc(-c5ccccc5)c4)nc(-c4ccccc4-c4cccc5c6ccccc6c6ccccc6c45)n3)c2)=CCC1. The predicted octanol–water partition coefficient (Wildman–Crippen LogP) is 13.4. The number of aromatic nitrogens is 3. The average molecular weight is 690 g/mol. The van der Waals surface area contributed by atoms with Gasteiger partial charge in [0, 0.05) is 16.7 Å². The standard InChI is InChI=1S/C51H35N3/c1-3-16-34(17-4-1)36-20-13-22-38(32-36)49-52-50(39-23-14-21-37(33-39)35-18-5-2-6-19-35)54-51(53-49)47-29-12-10-27-43(47)46-31-15-30-45-42-25-8-7-24-40(42)41-26-9-11-28-44(41)48(45)46/h1,3-5,7-33H,2,6H2. The van der Waals surface area contributed by atoms with Crippen molar-refractivity contribution in [3.05, 3.63) is 194 Å². The lowest BCUT2D eigenvalue weighted by Gasteiger charge is -2.17. The summed E-state index contributed by atoms with van der Waals surface area (Å²) in [6, 6.07) is 60.2. The van der Waals surface area contributed by atoms with E-state index in [2.05, 4.69) is 182 Å². The lowest BCUT2D eigenvalue weighted by Crippen LogP contribution is -2.01. The van der Waals surface area contributed by atoms with Gasteiger partial charge in [-0.2, -0.15) is 0 Å². The Balaban J connectivity index is 1.21. The molecule has 0 saturated heterocycles. The van der Waals surface area contributed by atoms with Crippen LogP contribution in [0.1, 0.15) is 18.4 Å². The fraction of sp³-hybridized carbons (Fsp3) is 0.0392. The summed E-state index contributed by atoms with van der Waals surface area (Å²) in [5.74, 6) is 1.92. The lowest BCUT2D eigenvalue weighted by molar-refractivity contribution is 1.04. The number of benzene rings is 8. The maximum atomic E-state index is 5.29. The minimum Gasteiger partial charge on any atom is -0.208 e. The molecule has 0 unspecified atom stereocenters. The molecule has 0 aliphatic heterocycles. The molecule has 0 spiro atoms. The van der Waals surface area contributed by atoms with Crippen molar-refractivity contribution >= 4 is 37.9 Å². The molecule has 1 heterocycles. The van der Waals surface area contributed by atoms with Crippen LogP contribution >= 0.6 is 0 Å². The van der Waals surface area contributed by atoms with Gasteiger partial charge in [0.25, 0.3) is 0 Å². The molecule has 254 valence electrons. The van der Waals surface area contributed by atoms with Crippen molar-refractivity contribution in [1.29, 1.82) is 0 Å². The van der Waals surface area contributed by atoms with E-state index in [1.807, 2.05) is 6.07 Å². The van der Waals surface area contributed by atoms with Crippen molar-refractivity contribution in [3.63, 3.8) is 0 Å². The van der Waals surface area contributed by atoms with Gasteiger partial charge in [0.05, 0.1) is 0 Å². The van der Waals surface area contributed by atoms with Crippen LogP contribution in [-0.2, 0) is 0 Å². The van der Waals surface area contributed by atoms with Crippen LogP contribution in [0, 0.1) is 0 Å². The molecule has 0 bridgehead atoms. The van der Waals surface area contributed by atoms with Crippen LogP contribution in [0.2, 0.25) is 0 Å². The molecule has 0 N–H and O–H groups in total. The highest BCUT2D eigenvalue weighted by atomic mass is 15.0. The van der Waals surface area contributed by atoms with Gasteiger partial charge in [0.2, 0.25) is 0 Å². The van der Waals surface area contributed by atoms with Crippen LogP contribution in [0.3, 0.4) is 0 Å². The zero-order valence-electron chi connectivity index (χ0n) is 29.7. The fourth-order valence-electron chi connectivity index (χ4n) is 7.98. The van der Waals surface area contributed by atoms with Crippen molar-refractivity contribution in [2.75, 3.05) is 0 Å². The van der Waals surface area contributed by atoms with Crippen molar-refractivity contribution in [2.24, 2.45) is 0 Å². The molecule has 0 fully saturated rings. The molecule has 1 aromatic heterocycles. The Labute approximate surface area is 314 Å². The van der Waals surface area contributed by atoms with Gasteiger partial charge in [-0.05, 0) is 90.7 Å². The third kappa shape index (κ3) is 5.67. The van der Waals surface area contributed by atoms with Crippen LogP contribution in [0.15, 0.2) is 188 Å². The lowest BCUT2D eigenvalue weighted by atomic mass is 9.88. The van der Waals surface area contributed by atoms with Crippen molar-refractivity contribution < 1.29 is 0 Å². The summed E-state index contributed by atoms with van der Waals surface area (Å²) in [4.78, 5) is 15.8. The van der Waals surface area contributed by atoms with E-state index in [9.17, 15) is 0 Å². The van der Waals surface area contributed by atoms with E-state index in [1.165, 1.54) is 37.9 Å². The second kappa shape index (κ2) is 13.5. The summed E-state index contributed by atoms with van der Waals surface area (Å²) in [5.41, 5.74) is 9.74. The Bertz CT molecular complexity index is 2890. The Morgan fingerprint density at radius 3 is 1.50 bits per heavy atom. The van der Waals surface area contributed by atoms with Crippen LogP contribution in [0.5, 0.6) is 0 Å². The first-order valence-electron chi connectivity index (χ1n) is 18.6. The summed E-state index contributed by atoms with van der Waals surface area (Å²) in [7, 11) is 0. The van der Waals surface area contributed by atoms with Gasteiger partial charge in [-0.1, -0.05) is 176 Å². The van der Waals surface area contributed by atoms with E-state index in [1.54, 1.807) is 0 Å².